The Morgan fingerprint density at radius 1 is 1.11 bits per heavy atom. The molecule has 3 nitrogen and oxygen atoms in total. The predicted molar refractivity (Wildman–Crippen MR) is 77.3 cm³/mol. The van der Waals surface area contributed by atoms with Gasteiger partial charge in [0.1, 0.15) is 5.82 Å². The molecule has 0 atom stereocenters. The van der Waals surface area contributed by atoms with Crippen molar-refractivity contribution in [3.05, 3.63) is 52.1 Å². The Morgan fingerprint density at radius 3 is 2.50 bits per heavy atom. The molecule has 5 heteroatoms. The zero-order valence-electron chi connectivity index (χ0n) is 9.66. The van der Waals surface area contributed by atoms with Crippen LogP contribution in [0.4, 0.5) is 11.5 Å². The second kappa shape index (κ2) is 5.94. The number of aromatic nitrogens is 1. The summed E-state index contributed by atoms with van der Waals surface area (Å²) in [4.78, 5) is 4.13. The SMILES string of the molecule is Nc1cc(Cl)cnc1NCCc1ccc(Cl)cc1. The van der Waals surface area contributed by atoms with Crippen molar-refractivity contribution in [2.24, 2.45) is 0 Å². The van der Waals surface area contributed by atoms with Crippen molar-refractivity contribution in [2.75, 3.05) is 17.6 Å². The smallest absolute Gasteiger partial charge is 0.149 e. The number of nitrogens with one attached hydrogen (secondary N) is 1. The fourth-order valence-electron chi connectivity index (χ4n) is 1.58. The molecule has 0 saturated carbocycles. The Labute approximate surface area is 116 Å². The molecule has 0 unspecified atom stereocenters. The summed E-state index contributed by atoms with van der Waals surface area (Å²) in [6, 6.07) is 9.45. The van der Waals surface area contributed by atoms with Gasteiger partial charge < -0.3 is 11.1 Å². The van der Waals surface area contributed by atoms with Gasteiger partial charge >= 0.3 is 0 Å². The highest BCUT2D eigenvalue weighted by Gasteiger charge is 2.01. The number of pyridine rings is 1. The van der Waals surface area contributed by atoms with E-state index >= 15 is 0 Å². The van der Waals surface area contributed by atoms with E-state index in [4.69, 9.17) is 28.9 Å². The van der Waals surface area contributed by atoms with E-state index < -0.39 is 0 Å². The lowest BCUT2D eigenvalue weighted by atomic mass is 10.1. The van der Waals surface area contributed by atoms with Gasteiger partial charge in [0, 0.05) is 17.8 Å². The number of hydrogen-bond donors (Lipinski definition) is 2. The third kappa shape index (κ3) is 3.52. The fraction of sp³-hybridized carbons (Fsp3) is 0.154. The molecule has 0 aliphatic carbocycles. The maximum atomic E-state index is 5.82. The Bertz CT molecular complexity index is 526. The number of rotatable bonds is 4. The maximum Gasteiger partial charge on any atom is 0.149 e. The average molecular weight is 282 g/mol. The van der Waals surface area contributed by atoms with Crippen LogP contribution in [0.1, 0.15) is 5.56 Å². The van der Waals surface area contributed by atoms with Gasteiger partial charge in [-0.1, -0.05) is 35.3 Å². The van der Waals surface area contributed by atoms with Gasteiger partial charge in [-0.2, -0.15) is 0 Å². The molecule has 94 valence electrons. The molecule has 1 aromatic heterocycles. The third-order valence-corrected chi connectivity index (χ3v) is 2.96. The lowest BCUT2D eigenvalue weighted by molar-refractivity contribution is 1.01. The van der Waals surface area contributed by atoms with Crippen molar-refractivity contribution < 1.29 is 0 Å². The topological polar surface area (TPSA) is 50.9 Å². The summed E-state index contributed by atoms with van der Waals surface area (Å²) in [6.45, 7) is 0.750. The molecular formula is C13H13Cl2N3. The lowest BCUT2D eigenvalue weighted by Gasteiger charge is -2.08. The van der Waals surface area contributed by atoms with Crippen molar-refractivity contribution in [3.63, 3.8) is 0 Å². The molecule has 1 aromatic carbocycles. The van der Waals surface area contributed by atoms with Crippen LogP contribution in [0, 0.1) is 0 Å². The molecule has 0 aliphatic rings. The minimum atomic E-state index is 0.538. The highest BCUT2D eigenvalue weighted by atomic mass is 35.5. The van der Waals surface area contributed by atoms with Crippen molar-refractivity contribution >= 4 is 34.7 Å². The zero-order chi connectivity index (χ0) is 13.0. The molecule has 0 fully saturated rings. The molecule has 0 saturated heterocycles. The predicted octanol–water partition coefficient (Wildman–Crippen LogP) is 3.63. The molecule has 0 radical (unpaired) electrons. The number of nitrogens with zero attached hydrogens (tertiary/aromatic N) is 1. The van der Waals surface area contributed by atoms with E-state index in [1.807, 2.05) is 24.3 Å². The minimum absolute atomic E-state index is 0.538. The first-order chi connectivity index (χ1) is 8.65. The summed E-state index contributed by atoms with van der Waals surface area (Å²) < 4.78 is 0. The second-order valence-corrected chi connectivity index (χ2v) is 4.77. The average Bonchev–Trinajstić information content (AvgIpc) is 2.34. The number of halogens is 2. The number of benzene rings is 1. The monoisotopic (exact) mass is 281 g/mol. The van der Waals surface area contributed by atoms with E-state index in [0.717, 1.165) is 18.0 Å². The van der Waals surface area contributed by atoms with E-state index in [9.17, 15) is 0 Å². The number of anilines is 2. The Morgan fingerprint density at radius 2 is 1.83 bits per heavy atom. The van der Waals surface area contributed by atoms with E-state index in [0.29, 0.717) is 16.5 Å². The first kappa shape index (κ1) is 13.0. The molecule has 0 spiro atoms. The van der Waals surface area contributed by atoms with Crippen LogP contribution in [0.3, 0.4) is 0 Å². The first-order valence-electron chi connectivity index (χ1n) is 5.54. The van der Waals surface area contributed by atoms with Crippen molar-refractivity contribution in [2.45, 2.75) is 6.42 Å². The van der Waals surface area contributed by atoms with Gasteiger partial charge in [0.25, 0.3) is 0 Å². The highest BCUT2D eigenvalue weighted by Crippen LogP contribution is 2.19. The standard InChI is InChI=1S/C13H13Cl2N3/c14-10-3-1-9(2-4-10)5-6-17-13-12(16)7-11(15)8-18-13/h1-4,7-8H,5-6,16H2,(H,17,18). The molecule has 0 aliphatic heterocycles. The first-order valence-corrected chi connectivity index (χ1v) is 6.30. The Balaban J connectivity index is 1.90. The van der Waals surface area contributed by atoms with Gasteiger partial charge in [0.05, 0.1) is 10.7 Å². The molecule has 1 heterocycles. The summed E-state index contributed by atoms with van der Waals surface area (Å²) in [5.41, 5.74) is 7.56. The maximum absolute atomic E-state index is 5.82. The molecule has 2 aromatic rings. The van der Waals surface area contributed by atoms with Crippen LogP contribution in [0.15, 0.2) is 36.5 Å². The molecule has 18 heavy (non-hydrogen) atoms. The van der Waals surface area contributed by atoms with E-state index in [1.165, 1.54) is 5.56 Å². The normalized spacial score (nSPS) is 10.3. The number of hydrogen-bond acceptors (Lipinski definition) is 3. The van der Waals surface area contributed by atoms with Gasteiger partial charge in [0.15, 0.2) is 0 Å². The van der Waals surface area contributed by atoms with Crippen LogP contribution >= 0.6 is 23.2 Å². The number of nitrogens with two attached hydrogens (primary N) is 1. The molecule has 2 rings (SSSR count). The minimum Gasteiger partial charge on any atom is -0.396 e. The van der Waals surface area contributed by atoms with Crippen LogP contribution in [0.5, 0.6) is 0 Å². The van der Waals surface area contributed by atoms with Gasteiger partial charge in [0.2, 0.25) is 0 Å². The van der Waals surface area contributed by atoms with Crippen molar-refractivity contribution in [1.29, 1.82) is 0 Å². The fourth-order valence-corrected chi connectivity index (χ4v) is 1.87. The van der Waals surface area contributed by atoms with E-state index in [2.05, 4.69) is 10.3 Å². The largest absolute Gasteiger partial charge is 0.396 e. The van der Waals surface area contributed by atoms with Crippen molar-refractivity contribution in [3.8, 4) is 0 Å². The van der Waals surface area contributed by atoms with Crippen molar-refractivity contribution in [1.82, 2.24) is 4.98 Å². The summed E-state index contributed by atoms with van der Waals surface area (Å²) in [7, 11) is 0. The molecule has 3 N–H and O–H groups in total. The van der Waals surface area contributed by atoms with Crippen LogP contribution in [-0.2, 0) is 6.42 Å². The van der Waals surface area contributed by atoms with Crippen LogP contribution < -0.4 is 11.1 Å². The van der Waals surface area contributed by atoms with Crippen LogP contribution in [0.2, 0.25) is 10.0 Å². The molecular weight excluding hydrogens is 269 g/mol. The quantitative estimate of drug-likeness (QED) is 0.900. The lowest BCUT2D eigenvalue weighted by Crippen LogP contribution is -2.08. The Kier molecular flexibility index (Phi) is 4.28. The zero-order valence-corrected chi connectivity index (χ0v) is 11.2. The van der Waals surface area contributed by atoms with Gasteiger partial charge in [-0.15, -0.1) is 0 Å². The highest BCUT2D eigenvalue weighted by molar-refractivity contribution is 6.31. The summed E-state index contributed by atoms with van der Waals surface area (Å²) in [6.07, 6.45) is 2.45. The van der Waals surface area contributed by atoms with Crippen LogP contribution in [-0.4, -0.2) is 11.5 Å². The van der Waals surface area contributed by atoms with E-state index in [1.54, 1.807) is 12.3 Å². The molecule has 0 amide bonds. The van der Waals surface area contributed by atoms with Gasteiger partial charge in [-0.25, -0.2) is 4.98 Å². The van der Waals surface area contributed by atoms with E-state index in [-0.39, 0.29) is 0 Å². The second-order valence-electron chi connectivity index (χ2n) is 3.89. The number of nitrogen functional groups attached to an aromatic ring is 1. The van der Waals surface area contributed by atoms with Gasteiger partial charge in [-0.05, 0) is 30.2 Å². The summed E-state index contributed by atoms with van der Waals surface area (Å²) in [5.74, 6) is 0.661. The Hall–Kier alpha value is -1.45. The van der Waals surface area contributed by atoms with Gasteiger partial charge in [-0.3, -0.25) is 0 Å². The third-order valence-electron chi connectivity index (χ3n) is 2.50. The summed E-state index contributed by atoms with van der Waals surface area (Å²) >= 11 is 11.6. The molecule has 0 bridgehead atoms. The van der Waals surface area contributed by atoms with Crippen LogP contribution in [0.25, 0.3) is 0 Å². The summed E-state index contributed by atoms with van der Waals surface area (Å²) in [5, 5.41) is 4.46.